The topological polar surface area (TPSA) is 9.72 Å². The smallest absolute Gasteiger partial charge is 0.0464 e. The fraction of sp³-hybridized carbons (Fsp3) is 0.0769. The van der Waals surface area contributed by atoms with E-state index in [1.807, 2.05) is 0 Å². The number of anilines is 9. The summed E-state index contributed by atoms with van der Waals surface area (Å²) in [5, 5.41) is 0. The molecule has 330 valence electrons. The minimum Gasteiger partial charge on any atom is -0.311 e. The van der Waals surface area contributed by atoms with Crippen molar-refractivity contribution in [3.05, 3.63) is 294 Å². The Morgan fingerprint density at radius 1 is 0.221 bits per heavy atom. The number of aryl methyl sites for hydroxylation is 4. The van der Waals surface area contributed by atoms with Crippen LogP contribution in [0.2, 0.25) is 0 Å². The molecule has 0 aliphatic heterocycles. The molecular weight excluding hydrogens is 823 g/mol. The van der Waals surface area contributed by atoms with Crippen LogP contribution in [0.25, 0.3) is 11.1 Å². The van der Waals surface area contributed by atoms with E-state index in [9.17, 15) is 0 Å². The van der Waals surface area contributed by atoms with Crippen molar-refractivity contribution < 1.29 is 0 Å². The SMILES string of the molecule is Cc1cccc(C(c2ccc(N(c3ccccc3)c3ccc(-c4ccc(N(c5ccccc5)c5ccc(N(c6cccc(C)c6)c6cccc(C)c6)cc5)cc4)cc3)cc2)c2cccc(C)c2)c1. The molecule has 0 fully saturated rings. The highest BCUT2D eigenvalue weighted by Crippen LogP contribution is 2.42. The molecule has 0 radical (unpaired) electrons. The van der Waals surface area contributed by atoms with E-state index in [1.54, 1.807) is 0 Å². The highest BCUT2D eigenvalue weighted by molar-refractivity contribution is 5.83. The van der Waals surface area contributed by atoms with Crippen molar-refractivity contribution in [2.75, 3.05) is 14.7 Å². The van der Waals surface area contributed by atoms with Crippen LogP contribution in [0.4, 0.5) is 51.2 Å². The number of rotatable bonds is 13. The summed E-state index contributed by atoms with van der Waals surface area (Å²) >= 11 is 0. The predicted molar refractivity (Wildman–Crippen MR) is 289 cm³/mol. The normalized spacial score (nSPS) is 11.1. The third kappa shape index (κ3) is 9.47. The molecule has 0 saturated heterocycles. The van der Waals surface area contributed by atoms with Gasteiger partial charge in [0.15, 0.2) is 0 Å². The third-order valence-electron chi connectivity index (χ3n) is 12.7. The maximum atomic E-state index is 2.34. The number of hydrogen-bond acceptors (Lipinski definition) is 3. The highest BCUT2D eigenvalue weighted by Gasteiger charge is 2.20. The van der Waals surface area contributed by atoms with E-state index in [1.165, 1.54) is 38.9 Å². The summed E-state index contributed by atoms with van der Waals surface area (Å²) in [5.74, 6) is 0.129. The molecule has 0 heterocycles. The lowest BCUT2D eigenvalue weighted by atomic mass is 9.84. The first-order valence-corrected chi connectivity index (χ1v) is 23.5. The summed E-state index contributed by atoms with van der Waals surface area (Å²) in [5.41, 5.74) is 21.1. The quantitative estimate of drug-likeness (QED) is 0.107. The van der Waals surface area contributed by atoms with E-state index in [0.29, 0.717) is 0 Å². The van der Waals surface area contributed by atoms with Gasteiger partial charge in [0.25, 0.3) is 0 Å². The summed E-state index contributed by atoms with van der Waals surface area (Å²) in [6, 6.07) is 92.4. The van der Waals surface area contributed by atoms with Gasteiger partial charge >= 0.3 is 0 Å². The second kappa shape index (κ2) is 19.6. The van der Waals surface area contributed by atoms with Crippen molar-refractivity contribution >= 4 is 51.2 Å². The molecule has 0 N–H and O–H groups in total. The number of benzene rings is 10. The van der Waals surface area contributed by atoms with E-state index >= 15 is 0 Å². The molecule has 0 aliphatic rings. The van der Waals surface area contributed by atoms with Crippen LogP contribution in [0.15, 0.2) is 255 Å². The van der Waals surface area contributed by atoms with Crippen LogP contribution in [-0.2, 0) is 0 Å². The molecule has 0 atom stereocenters. The molecular formula is C65H55N3. The van der Waals surface area contributed by atoms with Crippen molar-refractivity contribution in [1.29, 1.82) is 0 Å². The lowest BCUT2D eigenvalue weighted by Gasteiger charge is -2.28. The largest absolute Gasteiger partial charge is 0.311 e. The van der Waals surface area contributed by atoms with Crippen LogP contribution in [-0.4, -0.2) is 0 Å². The molecule has 10 aromatic carbocycles. The van der Waals surface area contributed by atoms with Gasteiger partial charge in [0.05, 0.1) is 0 Å². The van der Waals surface area contributed by atoms with Crippen LogP contribution in [0.1, 0.15) is 44.9 Å². The zero-order valence-corrected chi connectivity index (χ0v) is 39.2. The standard InChI is InChI=1S/C65H55N3/c1-47-15-11-19-54(43-47)65(55-20-12-16-48(2)44-55)53-31-37-60(38-32-53)66(56-21-7-5-8-22-56)58-33-27-51(28-34-58)52-29-35-59(36-30-52)67(57-23-9-6-10-24-57)61-39-41-62(42-40-61)68(63-25-13-17-49(3)45-63)64-26-14-18-50(4)46-64/h5-46,65H,1-4H3. The van der Waals surface area contributed by atoms with E-state index in [-0.39, 0.29) is 5.92 Å². The van der Waals surface area contributed by atoms with E-state index in [0.717, 1.165) is 62.3 Å². The molecule has 3 nitrogen and oxygen atoms in total. The van der Waals surface area contributed by atoms with Crippen LogP contribution in [0.5, 0.6) is 0 Å². The molecule has 0 bridgehead atoms. The zero-order chi connectivity index (χ0) is 46.4. The minimum absolute atomic E-state index is 0.129. The number of para-hydroxylation sites is 2. The predicted octanol–water partition coefficient (Wildman–Crippen LogP) is 18.2. The van der Waals surface area contributed by atoms with Crippen molar-refractivity contribution in [1.82, 2.24) is 0 Å². The van der Waals surface area contributed by atoms with Gasteiger partial charge in [-0.15, -0.1) is 0 Å². The molecule has 10 aromatic rings. The molecule has 0 unspecified atom stereocenters. The Balaban J connectivity index is 0.938. The molecule has 10 rings (SSSR count). The molecule has 0 saturated carbocycles. The molecule has 0 aromatic heterocycles. The van der Waals surface area contributed by atoms with E-state index < -0.39 is 0 Å². The van der Waals surface area contributed by atoms with Gasteiger partial charge in [-0.3, -0.25) is 0 Å². The number of nitrogens with zero attached hydrogens (tertiary/aromatic N) is 3. The van der Waals surface area contributed by atoms with E-state index in [2.05, 4.69) is 297 Å². The van der Waals surface area contributed by atoms with Gasteiger partial charge in [-0.25, -0.2) is 0 Å². The van der Waals surface area contributed by atoms with Gasteiger partial charge < -0.3 is 14.7 Å². The Hall–Kier alpha value is -8.40. The van der Waals surface area contributed by atoms with Crippen molar-refractivity contribution in [3.8, 4) is 11.1 Å². The maximum absolute atomic E-state index is 2.34. The summed E-state index contributed by atoms with van der Waals surface area (Å²) in [6.07, 6.45) is 0. The monoisotopic (exact) mass is 877 g/mol. The molecule has 0 amide bonds. The van der Waals surface area contributed by atoms with Gasteiger partial charge in [-0.05, 0) is 176 Å². The lowest BCUT2D eigenvalue weighted by Crippen LogP contribution is -2.12. The Morgan fingerprint density at radius 3 is 0.853 bits per heavy atom. The summed E-state index contributed by atoms with van der Waals surface area (Å²) < 4.78 is 0. The average Bonchev–Trinajstić information content (AvgIpc) is 3.37. The van der Waals surface area contributed by atoms with Gasteiger partial charge in [-0.1, -0.05) is 157 Å². The minimum atomic E-state index is 0.129. The molecule has 3 heteroatoms. The van der Waals surface area contributed by atoms with Gasteiger partial charge in [-0.2, -0.15) is 0 Å². The fourth-order valence-electron chi connectivity index (χ4n) is 9.48. The Kier molecular flexibility index (Phi) is 12.5. The molecule has 0 aliphatic carbocycles. The maximum Gasteiger partial charge on any atom is 0.0464 e. The van der Waals surface area contributed by atoms with Crippen LogP contribution < -0.4 is 14.7 Å². The fourth-order valence-corrected chi connectivity index (χ4v) is 9.48. The van der Waals surface area contributed by atoms with Crippen LogP contribution in [0, 0.1) is 27.7 Å². The third-order valence-corrected chi connectivity index (χ3v) is 12.7. The average molecular weight is 878 g/mol. The van der Waals surface area contributed by atoms with Crippen LogP contribution in [0.3, 0.4) is 0 Å². The number of hydrogen-bond donors (Lipinski definition) is 0. The van der Waals surface area contributed by atoms with Gasteiger partial charge in [0.2, 0.25) is 0 Å². The van der Waals surface area contributed by atoms with Crippen molar-refractivity contribution in [3.63, 3.8) is 0 Å². The first kappa shape index (κ1) is 43.5. The van der Waals surface area contributed by atoms with Gasteiger partial charge in [0.1, 0.15) is 0 Å². The Morgan fingerprint density at radius 2 is 0.500 bits per heavy atom. The van der Waals surface area contributed by atoms with Gasteiger partial charge in [0, 0.05) is 57.1 Å². The molecule has 0 spiro atoms. The second-order valence-electron chi connectivity index (χ2n) is 17.8. The Bertz CT molecular complexity index is 2940. The second-order valence-corrected chi connectivity index (χ2v) is 17.8. The Labute approximate surface area is 402 Å². The highest BCUT2D eigenvalue weighted by atomic mass is 15.2. The summed E-state index contributed by atoms with van der Waals surface area (Å²) in [4.78, 5) is 7.00. The zero-order valence-electron chi connectivity index (χ0n) is 39.2. The lowest BCUT2D eigenvalue weighted by molar-refractivity contribution is 0.971. The van der Waals surface area contributed by atoms with E-state index in [4.69, 9.17) is 0 Å². The summed E-state index contributed by atoms with van der Waals surface area (Å²) in [6.45, 7) is 8.64. The molecule has 68 heavy (non-hydrogen) atoms. The van der Waals surface area contributed by atoms with Crippen molar-refractivity contribution in [2.24, 2.45) is 0 Å². The first-order valence-electron chi connectivity index (χ1n) is 23.5. The van der Waals surface area contributed by atoms with Crippen molar-refractivity contribution in [2.45, 2.75) is 33.6 Å². The summed E-state index contributed by atoms with van der Waals surface area (Å²) in [7, 11) is 0. The van der Waals surface area contributed by atoms with Crippen LogP contribution >= 0.6 is 0 Å². The first-order chi connectivity index (χ1) is 33.3.